The zero-order valence-electron chi connectivity index (χ0n) is 13.3. The molecule has 0 aliphatic carbocycles. The number of ketones is 1. The van der Waals surface area contributed by atoms with Crippen LogP contribution in [0.5, 0.6) is 0 Å². The van der Waals surface area contributed by atoms with E-state index in [-0.39, 0.29) is 16.9 Å². The highest BCUT2D eigenvalue weighted by atomic mass is 32.2. The predicted molar refractivity (Wildman–Crippen MR) is 100 cm³/mol. The van der Waals surface area contributed by atoms with E-state index in [0.717, 1.165) is 14.6 Å². The van der Waals surface area contributed by atoms with E-state index in [1.54, 1.807) is 35.6 Å². The second-order valence-electron chi connectivity index (χ2n) is 5.33. The van der Waals surface area contributed by atoms with Gasteiger partial charge in [-0.3, -0.25) is 9.59 Å². The smallest absolute Gasteiger partial charge is 0.237 e. The Hall–Kier alpha value is -2.18. The van der Waals surface area contributed by atoms with Crippen molar-refractivity contribution in [3.05, 3.63) is 54.1 Å². The van der Waals surface area contributed by atoms with Gasteiger partial charge in [-0.25, -0.2) is 4.98 Å². The number of para-hydroxylation sites is 1. The molecule has 4 nitrogen and oxygen atoms in total. The molecule has 1 aromatic heterocycles. The van der Waals surface area contributed by atoms with Crippen LogP contribution in [0.2, 0.25) is 0 Å². The lowest BCUT2D eigenvalue weighted by molar-refractivity contribution is -0.115. The molecule has 0 spiro atoms. The fraction of sp³-hybridized carbons (Fsp3) is 0.167. The van der Waals surface area contributed by atoms with E-state index in [9.17, 15) is 9.59 Å². The number of nitrogens with zero attached hydrogens (tertiary/aromatic N) is 1. The van der Waals surface area contributed by atoms with Gasteiger partial charge in [-0.1, -0.05) is 23.9 Å². The van der Waals surface area contributed by atoms with Crippen molar-refractivity contribution in [3.8, 4) is 0 Å². The van der Waals surface area contributed by atoms with Crippen LogP contribution in [0.1, 0.15) is 24.2 Å². The van der Waals surface area contributed by atoms with Gasteiger partial charge in [0.25, 0.3) is 0 Å². The van der Waals surface area contributed by atoms with Gasteiger partial charge >= 0.3 is 0 Å². The highest BCUT2D eigenvalue weighted by Gasteiger charge is 2.17. The van der Waals surface area contributed by atoms with Crippen LogP contribution in [0, 0.1) is 0 Å². The number of fused-ring (bicyclic) bond motifs is 1. The minimum Gasteiger partial charge on any atom is -0.325 e. The van der Waals surface area contributed by atoms with Crippen molar-refractivity contribution in [2.45, 2.75) is 23.4 Å². The van der Waals surface area contributed by atoms with Gasteiger partial charge in [0.2, 0.25) is 5.91 Å². The summed E-state index contributed by atoms with van der Waals surface area (Å²) in [5.74, 6) is -0.0810. The Balaban J connectivity index is 1.64. The topological polar surface area (TPSA) is 59.1 Å². The third kappa shape index (κ3) is 3.83. The lowest BCUT2D eigenvalue weighted by Gasteiger charge is -2.10. The van der Waals surface area contributed by atoms with Crippen molar-refractivity contribution in [1.29, 1.82) is 0 Å². The minimum atomic E-state index is -0.266. The third-order valence-corrected chi connectivity index (χ3v) is 5.71. The summed E-state index contributed by atoms with van der Waals surface area (Å²) in [5.41, 5.74) is 2.27. The van der Waals surface area contributed by atoms with Crippen LogP contribution in [-0.2, 0) is 4.79 Å². The lowest BCUT2D eigenvalue weighted by atomic mass is 10.1. The van der Waals surface area contributed by atoms with Crippen LogP contribution in [0.3, 0.4) is 0 Å². The van der Waals surface area contributed by atoms with Crippen molar-refractivity contribution in [3.63, 3.8) is 0 Å². The van der Waals surface area contributed by atoms with Crippen LogP contribution in [-0.4, -0.2) is 21.9 Å². The molecule has 3 rings (SSSR count). The summed E-state index contributed by atoms with van der Waals surface area (Å²) in [6.07, 6.45) is 0. The Morgan fingerprint density at radius 2 is 1.83 bits per heavy atom. The number of carbonyl (C=O) groups is 2. The molecule has 1 atom stereocenters. The SMILES string of the molecule is CC(=O)c1ccc(NC(=O)[C@H](C)Sc2nc3ccccc3s2)cc1. The number of nitrogens with one attached hydrogen (secondary N) is 1. The van der Waals surface area contributed by atoms with Crippen molar-refractivity contribution in [2.75, 3.05) is 5.32 Å². The summed E-state index contributed by atoms with van der Waals surface area (Å²) in [7, 11) is 0. The number of thioether (sulfide) groups is 1. The van der Waals surface area contributed by atoms with E-state index in [0.29, 0.717) is 11.3 Å². The number of Topliss-reactive ketones (excluding diaryl/α,β-unsaturated/α-hetero) is 1. The largest absolute Gasteiger partial charge is 0.325 e. The maximum absolute atomic E-state index is 12.3. The number of rotatable bonds is 5. The van der Waals surface area contributed by atoms with Gasteiger partial charge in [-0.05, 0) is 50.2 Å². The first-order valence-electron chi connectivity index (χ1n) is 7.47. The maximum Gasteiger partial charge on any atom is 0.237 e. The molecule has 24 heavy (non-hydrogen) atoms. The van der Waals surface area contributed by atoms with E-state index in [4.69, 9.17) is 0 Å². The lowest BCUT2D eigenvalue weighted by Crippen LogP contribution is -2.22. The van der Waals surface area contributed by atoms with Crippen LogP contribution < -0.4 is 5.32 Å². The van der Waals surface area contributed by atoms with E-state index in [1.807, 2.05) is 31.2 Å². The molecule has 2 aromatic carbocycles. The molecule has 1 heterocycles. The Kier molecular flexibility index (Phi) is 4.97. The normalized spacial score (nSPS) is 12.1. The van der Waals surface area contributed by atoms with Crippen LogP contribution >= 0.6 is 23.1 Å². The molecule has 122 valence electrons. The molecule has 1 amide bonds. The van der Waals surface area contributed by atoms with Crippen LogP contribution in [0.25, 0.3) is 10.2 Å². The van der Waals surface area contributed by atoms with Crippen LogP contribution in [0.15, 0.2) is 52.9 Å². The molecule has 0 fully saturated rings. The number of hydrogen-bond acceptors (Lipinski definition) is 5. The second kappa shape index (κ2) is 7.15. The monoisotopic (exact) mass is 356 g/mol. The van der Waals surface area contributed by atoms with Crippen molar-refractivity contribution < 1.29 is 9.59 Å². The molecular weight excluding hydrogens is 340 g/mol. The first-order valence-corrected chi connectivity index (χ1v) is 9.16. The summed E-state index contributed by atoms with van der Waals surface area (Å²) in [6.45, 7) is 3.38. The average Bonchev–Trinajstić information content (AvgIpc) is 2.97. The van der Waals surface area contributed by atoms with Gasteiger partial charge < -0.3 is 5.32 Å². The van der Waals surface area contributed by atoms with E-state index in [1.165, 1.54) is 18.7 Å². The number of hydrogen-bond donors (Lipinski definition) is 1. The second-order valence-corrected chi connectivity index (χ2v) is 7.95. The van der Waals surface area contributed by atoms with Gasteiger partial charge in [0.05, 0.1) is 15.5 Å². The number of amides is 1. The van der Waals surface area contributed by atoms with E-state index in [2.05, 4.69) is 10.3 Å². The molecule has 0 saturated carbocycles. The molecule has 6 heteroatoms. The Morgan fingerprint density at radius 3 is 2.50 bits per heavy atom. The first-order chi connectivity index (χ1) is 11.5. The van der Waals surface area contributed by atoms with Crippen molar-refractivity contribution in [1.82, 2.24) is 4.98 Å². The highest BCUT2D eigenvalue weighted by molar-refractivity contribution is 8.02. The number of carbonyl (C=O) groups excluding carboxylic acids is 2. The zero-order chi connectivity index (χ0) is 17.1. The highest BCUT2D eigenvalue weighted by Crippen LogP contribution is 2.32. The first kappa shape index (κ1) is 16.7. The van der Waals surface area contributed by atoms with Gasteiger partial charge in [0.15, 0.2) is 10.1 Å². The van der Waals surface area contributed by atoms with Gasteiger partial charge in [0, 0.05) is 11.3 Å². The summed E-state index contributed by atoms with van der Waals surface area (Å²) in [4.78, 5) is 28.1. The summed E-state index contributed by atoms with van der Waals surface area (Å²) in [6, 6.07) is 14.8. The van der Waals surface area contributed by atoms with Gasteiger partial charge in [-0.2, -0.15) is 0 Å². The molecule has 1 N–H and O–H groups in total. The fourth-order valence-corrected chi connectivity index (χ4v) is 4.35. The van der Waals surface area contributed by atoms with Gasteiger partial charge in [-0.15, -0.1) is 11.3 Å². The number of thiazole rings is 1. The number of anilines is 1. The summed E-state index contributed by atoms with van der Waals surface area (Å²) < 4.78 is 2.00. The van der Waals surface area contributed by atoms with Crippen molar-refractivity contribution >= 4 is 50.7 Å². The Labute approximate surface area is 148 Å². The number of benzene rings is 2. The summed E-state index contributed by atoms with van der Waals surface area (Å²) in [5, 5.41) is 2.60. The molecule has 0 unspecified atom stereocenters. The molecule has 0 radical (unpaired) electrons. The molecule has 0 saturated heterocycles. The third-order valence-electron chi connectivity index (χ3n) is 3.48. The quantitative estimate of drug-likeness (QED) is 0.535. The minimum absolute atomic E-state index is 0.00707. The van der Waals surface area contributed by atoms with E-state index < -0.39 is 0 Å². The predicted octanol–water partition coefficient (Wildman–Crippen LogP) is 4.62. The Bertz CT molecular complexity index is 854. The van der Waals surface area contributed by atoms with Crippen LogP contribution in [0.4, 0.5) is 5.69 Å². The summed E-state index contributed by atoms with van der Waals surface area (Å²) >= 11 is 3.03. The average molecular weight is 356 g/mol. The fourth-order valence-electron chi connectivity index (χ4n) is 2.14. The molecule has 0 aliphatic heterocycles. The number of aromatic nitrogens is 1. The molecule has 3 aromatic rings. The standard InChI is InChI=1S/C18H16N2O2S2/c1-11(21)13-7-9-14(10-8-13)19-17(22)12(2)23-18-20-15-5-3-4-6-16(15)24-18/h3-10,12H,1-2H3,(H,19,22)/t12-/m0/s1. The maximum atomic E-state index is 12.3. The molecular formula is C18H16N2O2S2. The van der Waals surface area contributed by atoms with Gasteiger partial charge in [0.1, 0.15) is 0 Å². The molecule has 0 bridgehead atoms. The van der Waals surface area contributed by atoms with E-state index >= 15 is 0 Å². The Morgan fingerprint density at radius 1 is 1.12 bits per heavy atom. The zero-order valence-corrected chi connectivity index (χ0v) is 14.9. The van der Waals surface area contributed by atoms with Crippen molar-refractivity contribution in [2.24, 2.45) is 0 Å². The molecule has 0 aliphatic rings.